The second-order valence-corrected chi connectivity index (χ2v) is 3.80. The third-order valence-corrected chi connectivity index (χ3v) is 2.20. The van der Waals surface area contributed by atoms with Crippen molar-refractivity contribution in [3.05, 3.63) is 29.8 Å². The van der Waals surface area contributed by atoms with Gasteiger partial charge in [0.05, 0.1) is 0 Å². The number of anilines is 1. The third-order valence-electron chi connectivity index (χ3n) is 2.20. The fourth-order valence-corrected chi connectivity index (χ4v) is 1.30. The van der Waals surface area contributed by atoms with Crippen molar-refractivity contribution in [3.63, 3.8) is 0 Å². The number of halogens is 2. The number of benzene rings is 1. The van der Waals surface area contributed by atoms with Gasteiger partial charge in [-0.2, -0.15) is 0 Å². The summed E-state index contributed by atoms with van der Waals surface area (Å²) in [6.45, 7) is 3.31. The summed E-state index contributed by atoms with van der Waals surface area (Å²) in [6.07, 6.45) is 0. The normalized spacial score (nSPS) is 12.6. The summed E-state index contributed by atoms with van der Waals surface area (Å²) in [7, 11) is 0. The van der Waals surface area contributed by atoms with Crippen LogP contribution in [-0.4, -0.2) is 17.1 Å². The fraction of sp³-hybridized carbons (Fsp3) is 0.364. The lowest BCUT2D eigenvalue weighted by Gasteiger charge is -2.19. The predicted molar refractivity (Wildman–Crippen MR) is 56.2 cm³/mol. The van der Waals surface area contributed by atoms with Gasteiger partial charge in [-0.15, -0.1) is 0 Å². The molecule has 0 saturated heterocycles. The van der Waals surface area contributed by atoms with E-state index >= 15 is 0 Å². The molecule has 0 bridgehead atoms. The van der Waals surface area contributed by atoms with Crippen LogP contribution in [0, 0.1) is 17.6 Å². The molecular formula is C11H13F2NO2. The first-order chi connectivity index (χ1) is 7.43. The molecular weight excluding hydrogens is 216 g/mol. The molecule has 5 heteroatoms. The topological polar surface area (TPSA) is 49.3 Å². The lowest BCUT2D eigenvalue weighted by Crippen LogP contribution is -2.34. The van der Waals surface area contributed by atoms with Crippen LogP contribution >= 0.6 is 0 Å². The van der Waals surface area contributed by atoms with E-state index < -0.39 is 29.3 Å². The molecule has 0 radical (unpaired) electrons. The van der Waals surface area contributed by atoms with Gasteiger partial charge in [0.1, 0.15) is 23.4 Å². The fourth-order valence-electron chi connectivity index (χ4n) is 1.30. The number of aliphatic carboxylic acids is 1. The Morgan fingerprint density at radius 3 is 2.19 bits per heavy atom. The Morgan fingerprint density at radius 1 is 1.31 bits per heavy atom. The van der Waals surface area contributed by atoms with E-state index in [1.54, 1.807) is 13.8 Å². The van der Waals surface area contributed by atoms with E-state index in [4.69, 9.17) is 5.11 Å². The van der Waals surface area contributed by atoms with Crippen LogP contribution in [-0.2, 0) is 4.79 Å². The Labute approximate surface area is 92.1 Å². The molecule has 1 unspecified atom stereocenters. The van der Waals surface area contributed by atoms with Crippen LogP contribution in [0.15, 0.2) is 18.2 Å². The Balaban J connectivity index is 2.98. The zero-order valence-corrected chi connectivity index (χ0v) is 9.00. The average Bonchev–Trinajstić information content (AvgIpc) is 2.15. The van der Waals surface area contributed by atoms with Gasteiger partial charge in [-0.25, -0.2) is 13.6 Å². The van der Waals surface area contributed by atoms with E-state index in [1.807, 2.05) is 0 Å². The molecule has 16 heavy (non-hydrogen) atoms. The highest BCUT2D eigenvalue weighted by Gasteiger charge is 2.23. The van der Waals surface area contributed by atoms with Gasteiger partial charge in [0, 0.05) is 0 Å². The summed E-state index contributed by atoms with van der Waals surface area (Å²) in [5.41, 5.74) is -0.399. The van der Waals surface area contributed by atoms with Gasteiger partial charge < -0.3 is 10.4 Å². The molecule has 3 nitrogen and oxygen atoms in total. The largest absolute Gasteiger partial charge is 0.480 e. The summed E-state index contributed by atoms with van der Waals surface area (Å²) in [4.78, 5) is 10.9. The second-order valence-electron chi connectivity index (χ2n) is 3.80. The molecule has 0 amide bonds. The van der Waals surface area contributed by atoms with Crippen LogP contribution in [0.5, 0.6) is 0 Å². The van der Waals surface area contributed by atoms with Crippen molar-refractivity contribution >= 4 is 11.7 Å². The number of nitrogens with one attached hydrogen (secondary N) is 1. The lowest BCUT2D eigenvalue weighted by atomic mass is 10.0. The first-order valence-electron chi connectivity index (χ1n) is 4.87. The van der Waals surface area contributed by atoms with Crippen molar-refractivity contribution < 1.29 is 18.7 Å². The molecule has 1 aromatic carbocycles. The van der Waals surface area contributed by atoms with E-state index in [-0.39, 0.29) is 5.92 Å². The lowest BCUT2D eigenvalue weighted by molar-refractivity contribution is -0.138. The van der Waals surface area contributed by atoms with E-state index in [2.05, 4.69) is 5.32 Å². The highest BCUT2D eigenvalue weighted by Crippen LogP contribution is 2.20. The molecule has 0 spiro atoms. The Hall–Kier alpha value is -1.65. The predicted octanol–water partition coefficient (Wildman–Crippen LogP) is 2.49. The Bertz CT molecular complexity index is 373. The number of hydrogen-bond acceptors (Lipinski definition) is 2. The molecule has 0 saturated carbocycles. The van der Waals surface area contributed by atoms with Gasteiger partial charge in [0.25, 0.3) is 0 Å². The Kier molecular flexibility index (Phi) is 3.82. The van der Waals surface area contributed by atoms with Crippen molar-refractivity contribution in [2.45, 2.75) is 19.9 Å². The first kappa shape index (κ1) is 12.4. The highest BCUT2D eigenvalue weighted by atomic mass is 19.1. The van der Waals surface area contributed by atoms with E-state index in [0.29, 0.717) is 0 Å². The second kappa shape index (κ2) is 4.92. The molecule has 0 heterocycles. The molecule has 0 aliphatic carbocycles. The van der Waals surface area contributed by atoms with Gasteiger partial charge in [-0.1, -0.05) is 19.9 Å². The van der Waals surface area contributed by atoms with Crippen LogP contribution in [0.2, 0.25) is 0 Å². The molecule has 88 valence electrons. The first-order valence-corrected chi connectivity index (χ1v) is 4.87. The maximum Gasteiger partial charge on any atom is 0.326 e. The minimum Gasteiger partial charge on any atom is -0.480 e. The maximum absolute atomic E-state index is 13.2. The minimum absolute atomic E-state index is 0.281. The third kappa shape index (κ3) is 2.68. The van der Waals surface area contributed by atoms with Crippen LogP contribution < -0.4 is 5.32 Å². The summed E-state index contributed by atoms with van der Waals surface area (Å²) in [5, 5.41) is 11.2. The van der Waals surface area contributed by atoms with Crippen LogP contribution in [0.4, 0.5) is 14.5 Å². The van der Waals surface area contributed by atoms with Gasteiger partial charge in [-0.05, 0) is 18.1 Å². The quantitative estimate of drug-likeness (QED) is 0.833. The summed E-state index contributed by atoms with van der Waals surface area (Å²) < 4.78 is 26.5. The van der Waals surface area contributed by atoms with Crippen LogP contribution in [0.1, 0.15) is 13.8 Å². The van der Waals surface area contributed by atoms with E-state index in [1.165, 1.54) is 6.07 Å². The zero-order chi connectivity index (χ0) is 12.3. The van der Waals surface area contributed by atoms with Crippen LogP contribution in [0.25, 0.3) is 0 Å². The molecule has 2 N–H and O–H groups in total. The monoisotopic (exact) mass is 229 g/mol. The zero-order valence-electron chi connectivity index (χ0n) is 9.00. The number of carbonyl (C=O) groups is 1. The SMILES string of the molecule is CC(C)C(Nc1c(F)cccc1F)C(=O)O. The highest BCUT2D eigenvalue weighted by molar-refractivity contribution is 5.77. The summed E-state index contributed by atoms with van der Waals surface area (Å²) >= 11 is 0. The molecule has 1 rings (SSSR count). The standard InChI is InChI=1S/C11H13F2NO2/c1-6(2)9(11(15)16)14-10-7(12)4-3-5-8(10)13/h3-6,9,14H,1-2H3,(H,15,16). The van der Waals surface area contributed by atoms with E-state index in [0.717, 1.165) is 12.1 Å². The number of carboxylic acid groups (broad SMARTS) is 1. The molecule has 1 aromatic rings. The van der Waals surface area contributed by atoms with Crippen molar-refractivity contribution in [1.82, 2.24) is 0 Å². The van der Waals surface area contributed by atoms with Gasteiger partial charge in [0.15, 0.2) is 0 Å². The van der Waals surface area contributed by atoms with Crippen molar-refractivity contribution in [3.8, 4) is 0 Å². The smallest absolute Gasteiger partial charge is 0.326 e. The molecule has 0 fully saturated rings. The summed E-state index contributed by atoms with van der Waals surface area (Å²) in [6, 6.07) is 2.35. The van der Waals surface area contributed by atoms with Crippen LogP contribution in [0.3, 0.4) is 0 Å². The molecule has 0 aromatic heterocycles. The molecule has 1 atom stereocenters. The number of carboxylic acids is 1. The average molecular weight is 229 g/mol. The van der Waals surface area contributed by atoms with Gasteiger partial charge in [-0.3, -0.25) is 0 Å². The maximum atomic E-state index is 13.2. The summed E-state index contributed by atoms with van der Waals surface area (Å²) in [5.74, 6) is -3.02. The van der Waals surface area contributed by atoms with E-state index in [9.17, 15) is 13.6 Å². The molecule has 0 aliphatic heterocycles. The van der Waals surface area contributed by atoms with Gasteiger partial charge in [0.2, 0.25) is 0 Å². The minimum atomic E-state index is -1.14. The van der Waals surface area contributed by atoms with Gasteiger partial charge >= 0.3 is 5.97 Å². The van der Waals surface area contributed by atoms with Crippen molar-refractivity contribution in [1.29, 1.82) is 0 Å². The van der Waals surface area contributed by atoms with Crippen molar-refractivity contribution in [2.75, 3.05) is 5.32 Å². The number of rotatable bonds is 4. The molecule has 0 aliphatic rings. The Morgan fingerprint density at radius 2 is 1.81 bits per heavy atom. The number of para-hydroxylation sites is 1. The number of hydrogen-bond donors (Lipinski definition) is 2. The van der Waals surface area contributed by atoms with Crippen molar-refractivity contribution in [2.24, 2.45) is 5.92 Å².